The Kier molecular flexibility index (Phi) is 10.6. The maximum Gasteiger partial charge on any atom is 4.00 e. The summed E-state index contributed by atoms with van der Waals surface area (Å²) in [6.07, 6.45) is 20.0. The number of hydrogen-bond acceptors (Lipinski definition) is 2. The van der Waals surface area contributed by atoms with Gasteiger partial charge in [-0.1, -0.05) is 25.0 Å². The van der Waals surface area contributed by atoms with E-state index in [0.717, 1.165) is 35.4 Å². The number of nitrogens with one attached hydrogen (secondary N) is 2. The maximum absolute atomic E-state index is 3.85. The fourth-order valence-corrected chi connectivity index (χ4v) is 1.99. The average Bonchev–Trinajstić information content (AvgIpc) is 3.29. The molecule has 0 atom stereocenters. The van der Waals surface area contributed by atoms with Gasteiger partial charge in [0, 0.05) is 12.4 Å². The van der Waals surface area contributed by atoms with Crippen LogP contribution in [-0.4, -0.2) is 20.4 Å². The molecule has 0 fully saturated rings. The van der Waals surface area contributed by atoms with Gasteiger partial charge in [-0.3, -0.25) is 0 Å². The third kappa shape index (κ3) is 6.00. The van der Waals surface area contributed by atoms with E-state index in [-0.39, 0.29) is 46.5 Å². The minimum Gasteiger partial charge on any atom is -1.00 e. The van der Waals surface area contributed by atoms with Gasteiger partial charge in [-0.25, -0.2) is 0 Å². The van der Waals surface area contributed by atoms with E-state index in [4.69, 9.17) is 0 Å². The molecule has 0 aliphatic heterocycles. The van der Waals surface area contributed by atoms with Crippen molar-refractivity contribution in [1.29, 1.82) is 0 Å². The first-order valence-electron chi connectivity index (χ1n) is 6.48. The fourth-order valence-electron chi connectivity index (χ4n) is 1.99. The zero-order valence-corrected chi connectivity index (χ0v) is 15.3. The molecule has 116 valence electrons. The predicted octanol–water partition coefficient (Wildman–Crippen LogP) is -2.88. The molecule has 2 N–H and O–H groups in total. The van der Waals surface area contributed by atoms with Crippen LogP contribution in [0.5, 0.6) is 0 Å². The van der Waals surface area contributed by atoms with Crippen LogP contribution in [0.2, 0.25) is 0 Å². The second-order valence-corrected chi connectivity index (χ2v) is 4.33. The second-order valence-electron chi connectivity index (χ2n) is 4.33. The molecule has 0 aromatic carbocycles. The van der Waals surface area contributed by atoms with E-state index in [2.05, 4.69) is 44.7 Å². The Labute approximate surface area is 162 Å². The molecule has 0 unspecified atom stereocenters. The van der Waals surface area contributed by atoms with Crippen LogP contribution in [-0.2, 0) is 21.7 Å². The molecule has 23 heavy (non-hydrogen) atoms. The number of aromatic amines is 2. The smallest absolute Gasteiger partial charge is 1.00 e. The van der Waals surface area contributed by atoms with E-state index in [1.807, 2.05) is 24.3 Å². The van der Waals surface area contributed by atoms with Crippen LogP contribution in [0.15, 0.2) is 48.8 Å². The maximum atomic E-state index is 3.85. The average molecular weight is 381 g/mol. The summed E-state index contributed by atoms with van der Waals surface area (Å²) in [5.74, 6) is 0. The van der Waals surface area contributed by atoms with Crippen molar-refractivity contribution < 1.29 is 46.5 Å². The van der Waals surface area contributed by atoms with E-state index < -0.39 is 0 Å². The Bertz CT molecular complexity index is 611. The van der Waals surface area contributed by atoms with E-state index in [0.29, 0.717) is 0 Å². The van der Waals surface area contributed by atoms with E-state index >= 15 is 0 Å². The minimum atomic E-state index is 0. The quantitative estimate of drug-likeness (QED) is 0.434. The summed E-state index contributed by atoms with van der Waals surface area (Å²) in [7, 11) is 0. The molecule has 2 aromatic heterocycles. The number of hydrogen-bond donors (Lipinski definition) is 2. The predicted molar refractivity (Wildman–Crippen MR) is 78.0 cm³/mol. The van der Waals surface area contributed by atoms with Crippen molar-refractivity contribution in [1.82, 2.24) is 20.4 Å². The molecule has 0 saturated heterocycles. The van der Waals surface area contributed by atoms with Crippen molar-refractivity contribution in [2.45, 2.75) is 12.8 Å². The summed E-state index contributed by atoms with van der Waals surface area (Å²) in [5.41, 5.74) is 4.34. The summed E-state index contributed by atoms with van der Waals surface area (Å²) >= 11 is 0. The summed E-state index contributed by atoms with van der Waals surface area (Å²) in [6.45, 7) is 0. The third-order valence-corrected chi connectivity index (χ3v) is 2.97. The number of H-pyrrole nitrogens is 2. The number of nitrogens with zero attached hydrogens (tertiary/aromatic N) is 2. The summed E-state index contributed by atoms with van der Waals surface area (Å²) < 4.78 is 0. The van der Waals surface area contributed by atoms with Gasteiger partial charge in [0.05, 0.1) is 0 Å². The largest absolute Gasteiger partial charge is 4.00 e. The van der Waals surface area contributed by atoms with Crippen molar-refractivity contribution in [3.05, 3.63) is 72.4 Å². The second kappa shape index (κ2) is 11.2. The molecule has 4 nitrogen and oxygen atoms in total. The summed E-state index contributed by atoms with van der Waals surface area (Å²) in [4.78, 5) is 0. The first-order valence-corrected chi connectivity index (χ1v) is 6.48. The van der Waals surface area contributed by atoms with Crippen molar-refractivity contribution in [3.8, 4) is 0 Å². The van der Waals surface area contributed by atoms with Gasteiger partial charge in [0.1, 0.15) is 0 Å². The molecular weight excluding hydrogens is 367 g/mol. The Morgan fingerprint density at radius 3 is 1.48 bits per heavy atom. The Morgan fingerprint density at radius 2 is 1.22 bits per heavy atom. The molecule has 4 rings (SSSR count). The van der Waals surface area contributed by atoms with Gasteiger partial charge in [0.25, 0.3) is 0 Å². The van der Waals surface area contributed by atoms with Gasteiger partial charge >= 0.3 is 21.7 Å². The van der Waals surface area contributed by atoms with Gasteiger partial charge in [-0.2, -0.15) is 45.6 Å². The van der Waals surface area contributed by atoms with Gasteiger partial charge < -0.3 is 35.0 Å². The number of rotatable bonds is 2. The van der Waals surface area contributed by atoms with Crippen LogP contribution in [0, 0.1) is 12.2 Å². The molecule has 0 saturated carbocycles. The first-order chi connectivity index (χ1) is 9.93. The number of allylic oxidation sites excluding steroid dienone is 8. The molecule has 0 bridgehead atoms. The van der Waals surface area contributed by atoms with E-state index in [1.54, 1.807) is 12.4 Å². The standard InChI is InChI=1S/2C8H7N2.2ClH.Ti/c2*1-2-4-7(3-1)8-5-6-9-10-8;;;/h2*1,3,5-6H,2H2,(H,9,10);2*1H;/q2*-1;;;+4/p-2. The van der Waals surface area contributed by atoms with E-state index in [1.165, 1.54) is 0 Å². The monoisotopic (exact) mass is 380 g/mol. The van der Waals surface area contributed by atoms with Crippen molar-refractivity contribution in [2.75, 3.05) is 0 Å². The molecule has 2 aliphatic carbocycles. The zero-order chi connectivity index (χ0) is 13.6. The topological polar surface area (TPSA) is 57.4 Å². The Morgan fingerprint density at radius 1 is 0.783 bits per heavy atom. The van der Waals surface area contributed by atoms with Gasteiger partial charge in [-0.15, -0.1) is 12.2 Å². The molecule has 2 aliphatic rings. The molecule has 0 amide bonds. The van der Waals surface area contributed by atoms with Crippen LogP contribution >= 0.6 is 0 Å². The van der Waals surface area contributed by atoms with Crippen molar-refractivity contribution >= 4 is 11.1 Å². The van der Waals surface area contributed by atoms with Crippen molar-refractivity contribution in [3.63, 3.8) is 0 Å². The van der Waals surface area contributed by atoms with Gasteiger partial charge in [0.15, 0.2) is 0 Å². The minimum absolute atomic E-state index is 0. The summed E-state index contributed by atoms with van der Waals surface area (Å²) in [6, 6.07) is 3.88. The molecule has 0 radical (unpaired) electrons. The fraction of sp³-hybridized carbons (Fsp3) is 0.125. The van der Waals surface area contributed by atoms with Gasteiger partial charge in [0.2, 0.25) is 0 Å². The zero-order valence-electron chi connectivity index (χ0n) is 12.2. The molecule has 7 heteroatoms. The molecule has 2 heterocycles. The SMILES string of the molecule is [C-]1=C(c2ccn[nH]2)C=CC1.[C-]1=C(c2ccn[nH]2)C=CC1.[Cl-].[Cl-].[Ti+4]. The Balaban J connectivity index is 0.000000372. The molecular formula is C16H14Cl2N4Ti. The number of halogens is 2. The summed E-state index contributed by atoms with van der Waals surface area (Å²) in [5, 5.41) is 13.5. The Hall–Kier alpha value is -1.33. The van der Waals surface area contributed by atoms with Crippen LogP contribution in [0.25, 0.3) is 11.1 Å². The van der Waals surface area contributed by atoms with E-state index in [9.17, 15) is 0 Å². The normalized spacial score (nSPS) is 13.7. The van der Waals surface area contributed by atoms with Crippen LogP contribution < -0.4 is 24.8 Å². The van der Waals surface area contributed by atoms with Gasteiger partial charge in [-0.05, 0) is 11.4 Å². The van der Waals surface area contributed by atoms with Crippen LogP contribution in [0.4, 0.5) is 0 Å². The third-order valence-electron chi connectivity index (χ3n) is 2.97. The number of aromatic nitrogens is 4. The van der Waals surface area contributed by atoms with Crippen molar-refractivity contribution in [2.24, 2.45) is 0 Å². The first kappa shape index (κ1) is 21.7. The molecule has 0 spiro atoms. The van der Waals surface area contributed by atoms with Crippen LogP contribution in [0.1, 0.15) is 24.2 Å². The molecule has 2 aromatic rings. The van der Waals surface area contributed by atoms with Crippen LogP contribution in [0.3, 0.4) is 0 Å².